The van der Waals surface area contributed by atoms with Gasteiger partial charge in [-0.2, -0.15) is 0 Å². The molecule has 0 aliphatic carbocycles. The maximum absolute atomic E-state index is 12.8. The van der Waals surface area contributed by atoms with E-state index in [9.17, 15) is 14.4 Å². The molecule has 7 nitrogen and oxygen atoms in total. The van der Waals surface area contributed by atoms with Crippen LogP contribution in [0, 0.1) is 13.8 Å². The number of aryl methyl sites for hydroxylation is 1. The van der Waals surface area contributed by atoms with Gasteiger partial charge in [-0.05, 0) is 43.2 Å². The summed E-state index contributed by atoms with van der Waals surface area (Å²) in [5.74, 6) is -0.502. The molecule has 3 rings (SSSR count). The van der Waals surface area contributed by atoms with Gasteiger partial charge in [-0.25, -0.2) is 0 Å². The van der Waals surface area contributed by atoms with Gasteiger partial charge in [0.05, 0.1) is 0 Å². The molecule has 0 spiro atoms. The molecule has 146 valence electrons. The van der Waals surface area contributed by atoms with Crippen LogP contribution in [-0.2, 0) is 4.79 Å². The van der Waals surface area contributed by atoms with E-state index in [1.54, 1.807) is 15.9 Å². The van der Waals surface area contributed by atoms with Gasteiger partial charge in [0.25, 0.3) is 11.8 Å². The standard InChI is InChI=1S/C21H24N4O3/c1-14-5-4-6-18(15(14)2)23-20(27)19-13-17(7-8-22-19)21(28)25-11-9-24(10-12-25)16(3)26/h4-8,13H,9-12H2,1-3H3,(H,23,27). The number of hydrogen-bond donors (Lipinski definition) is 1. The van der Waals surface area contributed by atoms with Crippen molar-refractivity contribution in [2.45, 2.75) is 20.8 Å². The lowest BCUT2D eigenvalue weighted by molar-refractivity contribution is -0.130. The normalized spacial score (nSPS) is 14.0. The highest BCUT2D eigenvalue weighted by molar-refractivity contribution is 6.05. The lowest BCUT2D eigenvalue weighted by Gasteiger charge is -2.34. The van der Waals surface area contributed by atoms with Crippen molar-refractivity contribution < 1.29 is 14.4 Å². The molecule has 0 radical (unpaired) electrons. The van der Waals surface area contributed by atoms with E-state index in [0.29, 0.717) is 31.7 Å². The Bertz CT molecular complexity index is 918. The fraction of sp³-hybridized carbons (Fsp3) is 0.333. The predicted octanol–water partition coefficient (Wildman–Crippen LogP) is 2.26. The van der Waals surface area contributed by atoms with E-state index in [1.807, 2.05) is 32.0 Å². The highest BCUT2D eigenvalue weighted by Gasteiger charge is 2.24. The number of pyridine rings is 1. The largest absolute Gasteiger partial charge is 0.339 e. The second-order valence-corrected chi connectivity index (χ2v) is 6.93. The maximum Gasteiger partial charge on any atom is 0.274 e. The Labute approximate surface area is 164 Å². The minimum atomic E-state index is -0.357. The Morgan fingerprint density at radius 1 is 1.00 bits per heavy atom. The third-order valence-electron chi connectivity index (χ3n) is 5.10. The maximum atomic E-state index is 12.8. The Morgan fingerprint density at radius 2 is 1.68 bits per heavy atom. The molecule has 1 aromatic carbocycles. The Kier molecular flexibility index (Phi) is 5.73. The molecule has 0 saturated carbocycles. The van der Waals surface area contributed by atoms with Gasteiger partial charge in [0.15, 0.2) is 0 Å². The lowest BCUT2D eigenvalue weighted by atomic mass is 10.1. The number of nitrogens with one attached hydrogen (secondary N) is 1. The molecule has 28 heavy (non-hydrogen) atoms. The molecule has 3 amide bonds. The molecule has 2 heterocycles. The quantitative estimate of drug-likeness (QED) is 0.885. The van der Waals surface area contributed by atoms with Crippen molar-refractivity contribution in [3.8, 4) is 0 Å². The smallest absolute Gasteiger partial charge is 0.274 e. The van der Waals surface area contributed by atoms with Crippen molar-refractivity contribution in [2.24, 2.45) is 0 Å². The summed E-state index contributed by atoms with van der Waals surface area (Å²) in [5.41, 5.74) is 3.40. The van der Waals surface area contributed by atoms with E-state index >= 15 is 0 Å². The average Bonchev–Trinajstić information content (AvgIpc) is 2.71. The Hall–Kier alpha value is -3.22. The molecule has 1 saturated heterocycles. The predicted molar refractivity (Wildman–Crippen MR) is 106 cm³/mol. The van der Waals surface area contributed by atoms with Crippen molar-refractivity contribution in [1.82, 2.24) is 14.8 Å². The highest BCUT2D eigenvalue weighted by Crippen LogP contribution is 2.19. The first kappa shape index (κ1) is 19.5. The molecule has 1 aliphatic heterocycles. The number of amides is 3. The van der Waals surface area contributed by atoms with Crippen molar-refractivity contribution >= 4 is 23.4 Å². The summed E-state index contributed by atoms with van der Waals surface area (Å²) in [5, 5.41) is 2.86. The number of piperazine rings is 1. The molecular weight excluding hydrogens is 356 g/mol. The van der Waals surface area contributed by atoms with Crippen molar-refractivity contribution in [3.63, 3.8) is 0 Å². The summed E-state index contributed by atoms with van der Waals surface area (Å²) >= 11 is 0. The van der Waals surface area contributed by atoms with E-state index in [0.717, 1.165) is 16.8 Å². The van der Waals surface area contributed by atoms with E-state index in [2.05, 4.69) is 10.3 Å². The molecule has 1 aliphatic rings. The number of hydrogen-bond acceptors (Lipinski definition) is 4. The van der Waals surface area contributed by atoms with Gasteiger partial charge >= 0.3 is 0 Å². The van der Waals surface area contributed by atoms with E-state index in [1.165, 1.54) is 19.2 Å². The van der Waals surface area contributed by atoms with Gasteiger partial charge in [0.2, 0.25) is 5.91 Å². The lowest BCUT2D eigenvalue weighted by Crippen LogP contribution is -2.50. The highest BCUT2D eigenvalue weighted by atomic mass is 16.2. The summed E-state index contributed by atoms with van der Waals surface area (Å²) in [6.07, 6.45) is 1.47. The molecule has 7 heteroatoms. The van der Waals surface area contributed by atoms with Gasteiger partial charge in [0.1, 0.15) is 5.69 Å². The second kappa shape index (κ2) is 8.21. The van der Waals surface area contributed by atoms with Crippen molar-refractivity contribution in [3.05, 3.63) is 58.9 Å². The number of anilines is 1. The first-order valence-electron chi connectivity index (χ1n) is 9.25. The number of carbonyl (C=O) groups excluding carboxylic acids is 3. The first-order valence-corrected chi connectivity index (χ1v) is 9.25. The molecule has 0 atom stereocenters. The fourth-order valence-corrected chi connectivity index (χ4v) is 3.17. The zero-order valence-corrected chi connectivity index (χ0v) is 16.4. The number of rotatable bonds is 3. The summed E-state index contributed by atoms with van der Waals surface area (Å²) < 4.78 is 0. The van der Waals surface area contributed by atoms with Crippen LogP contribution in [-0.4, -0.2) is 58.7 Å². The minimum Gasteiger partial charge on any atom is -0.339 e. The third kappa shape index (κ3) is 4.19. The van der Waals surface area contributed by atoms with Crippen LogP contribution < -0.4 is 5.32 Å². The Balaban J connectivity index is 1.71. The van der Waals surface area contributed by atoms with Gasteiger partial charge < -0.3 is 15.1 Å². The van der Waals surface area contributed by atoms with Crippen LogP contribution in [0.3, 0.4) is 0 Å². The summed E-state index contributed by atoms with van der Waals surface area (Å²) in [6, 6.07) is 8.82. The van der Waals surface area contributed by atoms with E-state index in [4.69, 9.17) is 0 Å². The Morgan fingerprint density at radius 3 is 2.36 bits per heavy atom. The van der Waals surface area contributed by atoms with Crippen LogP contribution in [0.4, 0.5) is 5.69 Å². The average molecular weight is 380 g/mol. The topological polar surface area (TPSA) is 82.6 Å². The van der Waals surface area contributed by atoms with Crippen LogP contribution in [0.1, 0.15) is 38.9 Å². The number of carbonyl (C=O) groups is 3. The molecule has 0 unspecified atom stereocenters. The zero-order valence-electron chi connectivity index (χ0n) is 16.4. The van der Waals surface area contributed by atoms with Gasteiger partial charge in [-0.15, -0.1) is 0 Å². The molecule has 1 aromatic heterocycles. The van der Waals surface area contributed by atoms with Crippen molar-refractivity contribution in [1.29, 1.82) is 0 Å². The van der Waals surface area contributed by atoms with Crippen molar-refractivity contribution in [2.75, 3.05) is 31.5 Å². The SMILES string of the molecule is CC(=O)N1CCN(C(=O)c2ccnc(C(=O)Nc3cccc(C)c3C)c2)CC1. The van der Waals surface area contributed by atoms with E-state index < -0.39 is 0 Å². The molecule has 0 bridgehead atoms. The van der Waals surface area contributed by atoms with Crippen LogP contribution >= 0.6 is 0 Å². The fourth-order valence-electron chi connectivity index (χ4n) is 3.17. The molecule has 1 N–H and O–H groups in total. The summed E-state index contributed by atoms with van der Waals surface area (Å²) in [7, 11) is 0. The summed E-state index contributed by atoms with van der Waals surface area (Å²) in [6.45, 7) is 7.45. The van der Waals surface area contributed by atoms with Crippen LogP contribution in [0.2, 0.25) is 0 Å². The monoisotopic (exact) mass is 380 g/mol. The second-order valence-electron chi connectivity index (χ2n) is 6.93. The number of nitrogens with zero attached hydrogens (tertiary/aromatic N) is 3. The number of aromatic nitrogens is 1. The van der Waals surface area contributed by atoms with Gasteiger partial charge in [-0.3, -0.25) is 19.4 Å². The van der Waals surface area contributed by atoms with Crippen LogP contribution in [0.25, 0.3) is 0 Å². The summed E-state index contributed by atoms with van der Waals surface area (Å²) in [4.78, 5) is 44.3. The first-order chi connectivity index (χ1) is 13.4. The zero-order chi connectivity index (χ0) is 20.3. The van der Waals surface area contributed by atoms with E-state index in [-0.39, 0.29) is 23.4 Å². The van der Waals surface area contributed by atoms with Crippen LogP contribution in [0.5, 0.6) is 0 Å². The van der Waals surface area contributed by atoms with Crippen LogP contribution in [0.15, 0.2) is 36.5 Å². The molecule has 2 aromatic rings. The molecule has 1 fully saturated rings. The number of benzene rings is 1. The minimum absolute atomic E-state index is 0.0152. The molecular formula is C21H24N4O3. The van der Waals surface area contributed by atoms with Gasteiger partial charge in [-0.1, -0.05) is 12.1 Å². The van der Waals surface area contributed by atoms with Gasteiger partial charge in [0, 0.05) is 50.6 Å². The third-order valence-corrected chi connectivity index (χ3v) is 5.10.